The molecular formula is C6H8N4O4. The van der Waals surface area contributed by atoms with Crippen LogP contribution in [-0.4, -0.2) is 31.9 Å². The second kappa shape index (κ2) is 6.38. The Morgan fingerprint density at radius 1 is 1.43 bits per heavy atom. The van der Waals surface area contributed by atoms with Crippen LogP contribution in [0.25, 0.3) is 0 Å². The zero-order valence-electron chi connectivity index (χ0n) is 7.53. The van der Waals surface area contributed by atoms with Crippen LogP contribution in [0.4, 0.5) is 4.79 Å². The number of nitrogens with zero attached hydrogens (tertiary/aromatic N) is 2. The molecule has 0 fully saturated rings. The Hall–Kier alpha value is -2.14. The number of urea groups is 1. The van der Waals surface area contributed by atoms with Crippen molar-refractivity contribution in [1.29, 1.82) is 5.26 Å². The molecule has 0 saturated heterocycles. The molecule has 0 rings (SSSR count). The molecule has 0 aromatic heterocycles. The molecule has 8 nitrogen and oxygen atoms in total. The van der Waals surface area contributed by atoms with Gasteiger partial charge in [-0.1, -0.05) is 5.16 Å². The normalized spacial score (nSPS) is 9.93. The average Bonchev–Trinajstić information content (AvgIpc) is 2.14. The largest absolute Gasteiger partial charge is 0.398 e. The Morgan fingerprint density at radius 2 is 2.07 bits per heavy atom. The van der Waals surface area contributed by atoms with E-state index in [1.807, 2.05) is 5.48 Å². The van der Waals surface area contributed by atoms with E-state index in [1.165, 1.54) is 20.3 Å². The van der Waals surface area contributed by atoms with Crippen LogP contribution in [0, 0.1) is 11.3 Å². The molecule has 0 bridgehead atoms. The molecule has 0 spiro atoms. The zero-order valence-corrected chi connectivity index (χ0v) is 7.53. The molecular weight excluding hydrogens is 192 g/mol. The zero-order chi connectivity index (χ0) is 11.0. The first-order chi connectivity index (χ1) is 6.65. The van der Waals surface area contributed by atoms with Gasteiger partial charge in [-0.25, -0.2) is 10.3 Å². The van der Waals surface area contributed by atoms with E-state index in [4.69, 9.17) is 5.26 Å². The van der Waals surface area contributed by atoms with Gasteiger partial charge in [-0.15, -0.1) is 0 Å². The first-order valence-corrected chi connectivity index (χ1v) is 3.31. The summed E-state index contributed by atoms with van der Waals surface area (Å²) in [6.07, 6.45) is 0. The van der Waals surface area contributed by atoms with Crippen molar-refractivity contribution in [2.45, 2.75) is 0 Å². The van der Waals surface area contributed by atoms with E-state index >= 15 is 0 Å². The molecule has 0 aromatic rings. The maximum atomic E-state index is 11.0. The standard InChI is InChI=1S/C6H8N4O4/c1-13-9-4(3-7)5(11)8-6(12)10-14-2/h1-2H3,(H2,8,10,11,12)/b9-4-. The van der Waals surface area contributed by atoms with E-state index in [-0.39, 0.29) is 0 Å². The predicted octanol–water partition coefficient (Wildman–Crippen LogP) is -1.10. The summed E-state index contributed by atoms with van der Waals surface area (Å²) >= 11 is 0. The minimum atomic E-state index is -0.982. The van der Waals surface area contributed by atoms with Crippen LogP contribution < -0.4 is 10.8 Å². The summed E-state index contributed by atoms with van der Waals surface area (Å²) in [5.74, 6) is -0.982. The van der Waals surface area contributed by atoms with Crippen molar-refractivity contribution in [3.8, 4) is 6.07 Å². The van der Waals surface area contributed by atoms with Gasteiger partial charge < -0.3 is 4.84 Å². The van der Waals surface area contributed by atoms with E-state index in [2.05, 4.69) is 14.8 Å². The molecule has 0 saturated carbocycles. The van der Waals surface area contributed by atoms with Crippen LogP contribution in [0.2, 0.25) is 0 Å². The molecule has 8 heteroatoms. The summed E-state index contributed by atoms with van der Waals surface area (Å²) in [5, 5.41) is 13.2. The Labute approximate surface area is 79.4 Å². The summed E-state index contributed by atoms with van der Waals surface area (Å²) < 4.78 is 0. The molecule has 14 heavy (non-hydrogen) atoms. The van der Waals surface area contributed by atoms with Crippen LogP contribution in [0.1, 0.15) is 0 Å². The number of nitriles is 1. The van der Waals surface area contributed by atoms with E-state index in [0.29, 0.717) is 0 Å². The number of rotatable bonds is 3. The van der Waals surface area contributed by atoms with Crippen LogP contribution in [0.15, 0.2) is 5.16 Å². The quantitative estimate of drug-likeness (QED) is 0.443. The van der Waals surface area contributed by atoms with Crippen LogP contribution in [0.3, 0.4) is 0 Å². The minimum absolute atomic E-state index is 0.571. The predicted molar refractivity (Wildman–Crippen MR) is 43.7 cm³/mol. The Balaban J connectivity index is 4.27. The van der Waals surface area contributed by atoms with Gasteiger partial charge in [0.2, 0.25) is 5.71 Å². The highest BCUT2D eigenvalue weighted by Gasteiger charge is 2.14. The Bertz CT molecular complexity index is 293. The maximum Gasteiger partial charge on any atom is 0.345 e. The van der Waals surface area contributed by atoms with Crippen LogP contribution >= 0.6 is 0 Å². The SMILES string of the molecule is CO/N=C(/C#N)C(=O)NC(=O)NOC. The number of hydroxylamine groups is 1. The van der Waals surface area contributed by atoms with Crippen molar-refractivity contribution < 1.29 is 19.3 Å². The molecule has 0 unspecified atom stereocenters. The lowest BCUT2D eigenvalue weighted by Gasteiger charge is -2.01. The minimum Gasteiger partial charge on any atom is -0.398 e. The van der Waals surface area contributed by atoms with E-state index in [1.54, 1.807) is 5.32 Å². The first-order valence-electron chi connectivity index (χ1n) is 3.31. The van der Waals surface area contributed by atoms with Gasteiger partial charge in [0, 0.05) is 0 Å². The summed E-state index contributed by atoms with van der Waals surface area (Å²) in [4.78, 5) is 30.1. The molecule has 0 atom stereocenters. The fourth-order valence-corrected chi connectivity index (χ4v) is 0.484. The third-order valence-electron chi connectivity index (χ3n) is 0.925. The molecule has 76 valence electrons. The molecule has 0 radical (unpaired) electrons. The van der Waals surface area contributed by atoms with Crippen molar-refractivity contribution in [2.75, 3.05) is 14.2 Å². The highest BCUT2D eigenvalue weighted by atomic mass is 16.6. The number of nitrogens with one attached hydrogen (secondary N) is 2. The average molecular weight is 200 g/mol. The fourth-order valence-electron chi connectivity index (χ4n) is 0.484. The van der Waals surface area contributed by atoms with Gasteiger partial charge in [-0.05, 0) is 0 Å². The number of carbonyl (C=O) groups excluding carboxylic acids is 2. The number of oxime groups is 1. The number of carbonyl (C=O) groups is 2. The fraction of sp³-hybridized carbons (Fsp3) is 0.333. The van der Waals surface area contributed by atoms with Gasteiger partial charge in [0.25, 0.3) is 5.91 Å². The second-order valence-corrected chi connectivity index (χ2v) is 1.82. The summed E-state index contributed by atoms with van der Waals surface area (Å²) in [7, 11) is 2.36. The third-order valence-corrected chi connectivity index (χ3v) is 0.925. The lowest BCUT2D eigenvalue weighted by molar-refractivity contribution is -0.114. The van der Waals surface area contributed by atoms with E-state index in [0.717, 1.165) is 0 Å². The lowest BCUT2D eigenvalue weighted by Crippen LogP contribution is -2.42. The van der Waals surface area contributed by atoms with Gasteiger partial charge >= 0.3 is 6.03 Å². The number of imide groups is 1. The van der Waals surface area contributed by atoms with Gasteiger partial charge in [0.05, 0.1) is 7.11 Å². The smallest absolute Gasteiger partial charge is 0.345 e. The lowest BCUT2D eigenvalue weighted by atomic mass is 10.4. The van der Waals surface area contributed by atoms with Gasteiger partial charge in [0.15, 0.2) is 0 Å². The van der Waals surface area contributed by atoms with E-state index in [9.17, 15) is 9.59 Å². The molecule has 3 amide bonds. The maximum absolute atomic E-state index is 11.0. The second-order valence-electron chi connectivity index (χ2n) is 1.82. The third kappa shape index (κ3) is 4.03. The summed E-state index contributed by atoms with van der Waals surface area (Å²) in [5.41, 5.74) is 1.25. The van der Waals surface area contributed by atoms with Crippen molar-refractivity contribution >= 4 is 17.6 Å². The highest BCUT2D eigenvalue weighted by Crippen LogP contribution is 1.79. The van der Waals surface area contributed by atoms with Crippen molar-refractivity contribution in [3.05, 3.63) is 0 Å². The van der Waals surface area contributed by atoms with Crippen molar-refractivity contribution in [1.82, 2.24) is 10.8 Å². The Morgan fingerprint density at radius 3 is 2.50 bits per heavy atom. The summed E-state index contributed by atoms with van der Waals surface area (Å²) in [6, 6.07) is 0.536. The highest BCUT2D eigenvalue weighted by molar-refractivity contribution is 6.46. The number of hydrogen-bond donors (Lipinski definition) is 2. The van der Waals surface area contributed by atoms with Crippen LogP contribution in [-0.2, 0) is 14.5 Å². The molecule has 0 aromatic carbocycles. The van der Waals surface area contributed by atoms with Gasteiger partial charge in [-0.2, -0.15) is 5.26 Å². The molecule has 0 heterocycles. The number of amides is 3. The first kappa shape index (κ1) is 11.9. The van der Waals surface area contributed by atoms with E-state index < -0.39 is 17.6 Å². The topological polar surface area (TPSA) is 113 Å². The number of hydrogen-bond acceptors (Lipinski definition) is 6. The van der Waals surface area contributed by atoms with Crippen molar-refractivity contribution in [3.63, 3.8) is 0 Å². The van der Waals surface area contributed by atoms with Crippen LogP contribution in [0.5, 0.6) is 0 Å². The monoisotopic (exact) mass is 200 g/mol. The molecule has 0 aliphatic heterocycles. The van der Waals surface area contributed by atoms with Crippen molar-refractivity contribution in [2.24, 2.45) is 5.16 Å². The molecule has 2 N–H and O–H groups in total. The Kier molecular flexibility index (Phi) is 5.41. The summed E-state index contributed by atoms with van der Waals surface area (Å²) in [6.45, 7) is 0. The van der Waals surface area contributed by atoms with Gasteiger partial charge in [-0.3, -0.25) is 14.9 Å². The van der Waals surface area contributed by atoms with Gasteiger partial charge in [0.1, 0.15) is 13.2 Å². The molecule has 0 aliphatic carbocycles. The molecule has 0 aliphatic rings.